The molecule has 0 aromatic rings. The summed E-state index contributed by atoms with van der Waals surface area (Å²) in [7, 11) is 0. The van der Waals surface area contributed by atoms with Crippen LogP contribution in [0.25, 0.3) is 0 Å². The Labute approximate surface area is 72.7 Å². The SMILES string of the molecule is O[C@@H]1CC[C@@H]2OCCC[C@H]2OC1. The second-order valence-electron chi connectivity index (χ2n) is 3.65. The predicted molar refractivity (Wildman–Crippen MR) is 44.0 cm³/mol. The molecule has 2 heterocycles. The molecular formula is C9H16O3. The Balaban J connectivity index is 1.94. The van der Waals surface area contributed by atoms with Gasteiger partial charge in [-0.2, -0.15) is 0 Å². The third-order valence-corrected chi connectivity index (χ3v) is 2.67. The largest absolute Gasteiger partial charge is 0.391 e. The van der Waals surface area contributed by atoms with Crippen LogP contribution >= 0.6 is 0 Å². The van der Waals surface area contributed by atoms with E-state index in [0.717, 1.165) is 32.3 Å². The van der Waals surface area contributed by atoms with Crippen molar-refractivity contribution in [2.45, 2.75) is 44.0 Å². The van der Waals surface area contributed by atoms with E-state index in [4.69, 9.17) is 9.47 Å². The van der Waals surface area contributed by atoms with Gasteiger partial charge in [-0.05, 0) is 25.7 Å². The summed E-state index contributed by atoms with van der Waals surface area (Å²) >= 11 is 0. The van der Waals surface area contributed by atoms with Crippen molar-refractivity contribution >= 4 is 0 Å². The minimum Gasteiger partial charge on any atom is -0.391 e. The smallest absolute Gasteiger partial charge is 0.0838 e. The van der Waals surface area contributed by atoms with Gasteiger partial charge < -0.3 is 14.6 Å². The summed E-state index contributed by atoms with van der Waals surface area (Å²) in [6, 6.07) is 0. The minimum atomic E-state index is -0.279. The van der Waals surface area contributed by atoms with Crippen molar-refractivity contribution in [2.24, 2.45) is 0 Å². The highest BCUT2D eigenvalue weighted by atomic mass is 16.5. The fraction of sp³-hybridized carbons (Fsp3) is 1.00. The molecule has 0 aromatic carbocycles. The Hall–Kier alpha value is -0.120. The van der Waals surface area contributed by atoms with Crippen molar-refractivity contribution in [3.05, 3.63) is 0 Å². The van der Waals surface area contributed by atoms with E-state index in [0.29, 0.717) is 6.61 Å². The topological polar surface area (TPSA) is 38.7 Å². The molecule has 2 saturated heterocycles. The highest BCUT2D eigenvalue weighted by molar-refractivity contribution is 4.79. The van der Waals surface area contributed by atoms with E-state index in [9.17, 15) is 5.11 Å². The van der Waals surface area contributed by atoms with Crippen LogP contribution in [0, 0.1) is 0 Å². The zero-order chi connectivity index (χ0) is 8.39. The van der Waals surface area contributed by atoms with E-state index in [1.165, 1.54) is 0 Å². The Bertz CT molecular complexity index is 133. The maximum Gasteiger partial charge on any atom is 0.0838 e. The van der Waals surface area contributed by atoms with Crippen LogP contribution in [-0.2, 0) is 9.47 Å². The second-order valence-corrected chi connectivity index (χ2v) is 3.65. The fourth-order valence-corrected chi connectivity index (χ4v) is 1.95. The first kappa shape index (κ1) is 8.48. The third kappa shape index (κ3) is 1.79. The monoisotopic (exact) mass is 172 g/mol. The maximum absolute atomic E-state index is 9.36. The molecule has 2 aliphatic rings. The summed E-state index contributed by atoms with van der Waals surface area (Å²) < 4.78 is 11.1. The molecule has 0 radical (unpaired) electrons. The van der Waals surface area contributed by atoms with Crippen molar-refractivity contribution in [2.75, 3.05) is 13.2 Å². The van der Waals surface area contributed by atoms with E-state index in [-0.39, 0.29) is 18.3 Å². The van der Waals surface area contributed by atoms with E-state index in [2.05, 4.69) is 0 Å². The second kappa shape index (κ2) is 3.73. The molecule has 1 N–H and O–H groups in total. The number of ether oxygens (including phenoxy) is 2. The summed E-state index contributed by atoms with van der Waals surface area (Å²) in [6.07, 6.45) is 4.17. The summed E-state index contributed by atoms with van der Waals surface area (Å²) in [5.41, 5.74) is 0. The van der Waals surface area contributed by atoms with Crippen LogP contribution in [0.2, 0.25) is 0 Å². The number of hydrogen-bond donors (Lipinski definition) is 1. The van der Waals surface area contributed by atoms with Crippen molar-refractivity contribution in [3.8, 4) is 0 Å². The summed E-state index contributed by atoms with van der Waals surface area (Å²) in [6.45, 7) is 1.35. The maximum atomic E-state index is 9.36. The van der Waals surface area contributed by atoms with Crippen LogP contribution in [0.1, 0.15) is 25.7 Å². The quantitative estimate of drug-likeness (QED) is 0.584. The fourth-order valence-electron chi connectivity index (χ4n) is 1.95. The van der Waals surface area contributed by atoms with Gasteiger partial charge in [0.15, 0.2) is 0 Å². The Morgan fingerprint density at radius 1 is 1.00 bits per heavy atom. The Kier molecular flexibility index (Phi) is 2.63. The van der Waals surface area contributed by atoms with E-state index in [1.54, 1.807) is 0 Å². The lowest BCUT2D eigenvalue weighted by Crippen LogP contribution is -2.34. The molecule has 0 unspecified atom stereocenters. The molecule has 3 atom stereocenters. The van der Waals surface area contributed by atoms with Crippen LogP contribution in [-0.4, -0.2) is 36.6 Å². The highest BCUT2D eigenvalue weighted by Gasteiger charge is 2.30. The molecule has 70 valence electrons. The number of hydrogen-bond acceptors (Lipinski definition) is 3. The predicted octanol–water partition coefficient (Wildman–Crippen LogP) is 0.705. The first-order chi connectivity index (χ1) is 5.86. The first-order valence-electron chi connectivity index (χ1n) is 4.77. The van der Waals surface area contributed by atoms with Gasteiger partial charge >= 0.3 is 0 Å². The summed E-state index contributed by atoms with van der Waals surface area (Å²) in [4.78, 5) is 0. The van der Waals surface area contributed by atoms with Crippen LogP contribution < -0.4 is 0 Å². The molecule has 3 nitrogen and oxygen atoms in total. The molecule has 0 aromatic heterocycles. The zero-order valence-electron chi connectivity index (χ0n) is 7.24. The molecule has 12 heavy (non-hydrogen) atoms. The molecule has 0 spiro atoms. The van der Waals surface area contributed by atoms with E-state index in [1.807, 2.05) is 0 Å². The molecule has 2 aliphatic heterocycles. The lowest BCUT2D eigenvalue weighted by atomic mass is 10.0. The normalized spacial score (nSPS) is 43.2. The van der Waals surface area contributed by atoms with Crippen LogP contribution in [0.3, 0.4) is 0 Å². The van der Waals surface area contributed by atoms with Gasteiger partial charge in [0.25, 0.3) is 0 Å². The zero-order valence-corrected chi connectivity index (χ0v) is 7.24. The number of rotatable bonds is 0. The van der Waals surface area contributed by atoms with Crippen molar-refractivity contribution in [3.63, 3.8) is 0 Å². The van der Waals surface area contributed by atoms with Gasteiger partial charge in [0.05, 0.1) is 24.9 Å². The lowest BCUT2D eigenvalue weighted by molar-refractivity contribution is -0.102. The van der Waals surface area contributed by atoms with Crippen molar-refractivity contribution < 1.29 is 14.6 Å². The molecule has 0 saturated carbocycles. The van der Waals surface area contributed by atoms with Gasteiger partial charge in [-0.3, -0.25) is 0 Å². The molecule has 0 bridgehead atoms. The van der Waals surface area contributed by atoms with Gasteiger partial charge in [0.2, 0.25) is 0 Å². The number of aliphatic hydroxyl groups excluding tert-OH is 1. The molecule has 3 heteroatoms. The average Bonchev–Trinajstić information content (AvgIpc) is 2.29. The average molecular weight is 172 g/mol. The van der Waals surface area contributed by atoms with Crippen LogP contribution in [0.5, 0.6) is 0 Å². The molecule has 2 fully saturated rings. The van der Waals surface area contributed by atoms with E-state index < -0.39 is 0 Å². The molecule has 2 rings (SSSR count). The van der Waals surface area contributed by atoms with Crippen molar-refractivity contribution in [1.29, 1.82) is 0 Å². The van der Waals surface area contributed by atoms with Gasteiger partial charge in [0, 0.05) is 6.61 Å². The molecular weight excluding hydrogens is 156 g/mol. The summed E-state index contributed by atoms with van der Waals surface area (Å²) in [5.74, 6) is 0. The molecule has 0 aliphatic carbocycles. The summed E-state index contributed by atoms with van der Waals surface area (Å²) in [5, 5.41) is 9.36. The first-order valence-corrected chi connectivity index (χ1v) is 4.77. The standard InChI is InChI=1S/C9H16O3/c10-7-3-4-9-8(12-6-7)2-1-5-11-9/h7-10H,1-6H2/t7-,8-,9+/m1/s1. The Morgan fingerprint density at radius 2 is 1.83 bits per heavy atom. The van der Waals surface area contributed by atoms with Crippen LogP contribution in [0.15, 0.2) is 0 Å². The van der Waals surface area contributed by atoms with E-state index >= 15 is 0 Å². The van der Waals surface area contributed by atoms with Crippen LogP contribution in [0.4, 0.5) is 0 Å². The van der Waals surface area contributed by atoms with Gasteiger partial charge in [0.1, 0.15) is 0 Å². The number of fused-ring (bicyclic) bond motifs is 1. The van der Waals surface area contributed by atoms with Gasteiger partial charge in [-0.15, -0.1) is 0 Å². The minimum absolute atomic E-state index is 0.246. The highest BCUT2D eigenvalue weighted by Crippen LogP contribution is 2.24. The lowest BCUT2D eigenvalue weighted by Gasteiger charge is -2.29. The molecule has 0 amide bonds. The van der Waals surface area contributed by atoms with Gasteiger partial charge in [-0.25, -0.2) is 0 Å². The number of aliphatic hydroxyl groups is 1. The Morgan fingerprint density at radius 3 is 2.75 bits per heavy atom. The third-order valence-electron chi connectivity index (χ3n) is 2.67. The van der Waals surface area contributed by atoms with Gasteiger partial charge in [-0.1, -0.05) is 0 Å². The van der Waals surface area contributed by atoms with Crippen molar-refractivity contribution in [1.82, 2.24) is 0 Å².